The van der Waals surface area contributed by atoms with Crippen LogP contribution in [0.2, 0.25) is 0 Å². The quantitative estimate of drug-likeness (QED) is 0.528. The maximum Gasteiger partial charge on any atom is 0.253 e. The van der Waals surface area contributed by atoms with Crippen molar-refractivity contribution in [3.63, 3.8) is 0 Å². The van der Waals surface area contributed by atoms with Gasteiger partial charge in [0.05, 0.1) is 10.9 Å². The number of hydrogen-bond acceptors (Lipinski definition) is 5. The molecule has 1 unspecified atom stereocenters. The van der Waals surface area contributed by atoms with E-state index in [2.05, 4.69) is 20.3 Å². The summed E-state index contributed by atoms with van der Waals surface area (Å²) in [4.78, 5) is 37.9. The summed E-state index contributed by atoms with van der Waals surface area (Å²) in [6.07, 6.45) is 0. The zero-order valence-electron chi connectivity index (χ0n) is 16.6. The predicted octanol–water partition coefficient (Wildman–Crippen LogP) is 0.933. The van der Waals surface area contributed by atoms with Crippen molar-refractivity contribution in [3.8, 4) is 0 Å². The summed E-state index contributed by atoms with van der Waals surface area (Å²) >= 11 is 0. The largest absolute Gasteiger partial charge is 0.350 e. The number of hydrogen-bond donors (Lipinski definition) is 4. The molecule has 1 atom stereocenters. The van der Waals surface area contributed by atoms with E-state index in [9.17, 15) is 22.8 Å². The average molecular weight is 420 g/mol. The molecule has 2 aromatic rings. The minimum atomic E-state index is -3.95. The van der Waals surface area contributed by atoms with Gasteiger partial charge in [-0.1, -0.05) is 0 Å². The Morgan fingerprint density at radius 3 is 2.31 bits per heavy atom. The molecule has 4 N–H and O–H groups in total. The van der Waals surface area contributed by atoms with Gasteiger partial charge >= 0.3 is 0 Å². The summed E-state index contributed by atoms with van der Waals surface area (Å²) in [6.45, 7) is 6.26. The summed E-state index contributed by atoms with van der Waals surface area (Å²) in [7, 11) is -3.95. The smallest absolute Gasteiger partial charge is 0.253 e. The molecule has 1 aromatic heterocycles. The molecule has 0 aliphatic heterocycles. The van der Waals surface area contributed by atoms with Gasteiger partial charge in [0, 0.05) is 30.4 Å². The van der Waals surface area contributed by atoms with E-state index < -0.39 is 22.0 Å². The van der Waals surface area contributed by atoms with Crippen LogP contribution in [-0.4, -0.2) is 31.3 Å². The molecule has 0 aliphatic rings. The molecule has 9 nitrogen and oxygen atoms in total. The van der Waals surface area contributed by atoms with E-state index in [-0.39, 0.29) is 22.9 Å². The third-order valence-electron chi connectivity index (χ3n) is 4.14. The first-order chi connectivity index (χ1) is 13.5. The number of aromatic nitrogens is 1. The number of sulfonamides is 1. The molecule has 0 spiro atoms. The van der Waals surface area contributed by atoms with Gasteiger partial charge in [0.15, 0.2) is 0 Å². The number of rotatable bonds is 7. The standard InChI is InChI=1S/C19H24N4O5S/c1-11-9-12(2)21-19(26)17(11)10-20-18(25)13(3)23-29(27,28)16-7-5-15(6-8-16)22-14(4)24/h5-9,13,23H,10H2,1-4H3,(H,20,25)(H,21,26)(H,22,24). The lowest BCUT2D eigenvalue weighted by atomic mass is 10.1. The number of amides is 2. The highest BCUT2D eigenvalue weighted by Gasteiger charge is 2.22. The summed E-state index contributed by atoms with van der Waals surface area (Å²) in [5, 5.41) is 5.11. The molecule has 29 heavy (non-hydrogen) atoms. The Balaban J connectivity index is 2.03. The number of H-pyrrole nitrogens is 1. The highest BCUT2D eigenvalue weighted by atomic mass is 32.2. The van der Waals surface area contributed by atoms with Gasteiger partial charge in [0.2, 0.25) is 21.8 Å². The third kappa shape index (κ3) is 6.00. The monoisotopic (exact) mass is 420 g/mol. The van der Waals surface area contributed by atoms with E-state index in [1.807, 2.05) is 0 Å². The van der Waals surface area contributed by atoms with Crippen molar-refractivity contribution in [2.45, 2.75) is 45.2 Å². The predicted molar refractivity (Wildman–Crippen MR) is 109 cm³/mol. The number of carbonyl (C=O) groups excluding carboxylic acids is 2. The van der Waals surface area contributed by atoms with Crippen molar-refractivity contribution in [2.75, 3.05) is 5.32 Å². The van der Waals surface area contributed by atoms with E-state index in [0.717, 1.165) is 5.56 Å². The first-order valence-corrected chi connectivity index (χ1v) is 10.3. The molecule has 10 heteroatoms. The number of aromatic amines is 1. The molecule has 1 aromatic carbocycles. The second-order valence-corrected chi connectivity index (χ2v) is 8.42. The Labute approximate surface area is 169 Å². The van der Waals surface area contributed by atoms with E-state index in [4.69, 9.17) is 0 Å². The van der Waals surface area contributed by atoms with Crippen LogP contribution in [0.25, 0.3) is 0 Å². The second kappa shape index (κ2) is 9.01. The highest BCUT2D eigenvalue weighted by molar-refractivity contribution is 7.89. The summed E-state index contributed by atoms with van der Waals surface area (Å²) < 4.78 is 27.2. The number of pyridine rings is 1. The lowest BCUT2D eigenvalue weighted by Crippen LogP contribution is -2.45. The highest BCUT2D eigenvalue weighted by Crippen LogP contribution is 2.14. The Kier molecular flexibility index (Phi) is 6.93. The van der Waals surface area contributed by atoms with Crippen molar-refractivity contribution >= 4 is 27.5 Å². The van der Waals surface area contributed by atoms with Crippen molar-refractivity contribution in [1.82, 2.24) is 15.0 Å². The second-order valence-electron chi connectivity index (χ2n) is 6.71. The van der Waals surface area contributed by atoms with Crippen molar-refractivity contribution in [2.24, 2.45) is 0 Å². The van der Waals surface area contributed by atoms with Gasteiger partial charge < -0.3 is 15.6 Å². The number of anilines is 1. The van der Waals surface area contributed by atoms with Crippen molar-refractivity contribution in [3.05, 3.63) is 57.5 Å². The maximum atomic E-state index is 12.5. The van der Waals surface area contributed by atoms with Crippen LogP contribution >= 0.6 is 0 Å². The van der Waals surface area contributed by atoms with Gasteiger partial charge in [0.25, 0.3) is 5.56 Å². The minimum absolute atomic E-state index is 0.0161. The molecule has 1 heterocycles. The lowest BCUT2D eigenvalue weighted by molar-refractivity contribution is -0.122. The number of aryl methyl sites for hydroxylation is 2. The summed E-state index contributed by atoms with van der Waals surface area (Å²) in [6, 6.07) is 6.29. The number of benzene rings is 1. The van der Waals surface area contributed by atoms with E-state index in [1.165, 1.54) is 38.1 Å². The molecule has 2 amide bonds. The first kappa shape index (κ1) is 22.3. The van der Waals surface area contributed by atoms with Gasteiger partial charge in [0.1, 0.15) is 0 Å². The molecule has 0 saturated carbocycles. The molecule has 0 bridgehead atoms. The zero-order chi connectivity index (χ0) is 21.8. The van der Waals surface area contributed by atoms with Gasteiger partial charge in [-0.3, -0.25) is 14.4 Å². The molecule has 156 valence electrons. The van der Waals surface area contributed by atoms with Crippen LogP contribution in [0.1, 0.15) is 30.7 Å². The maximum absolute atomic E-state index is 12.5. The third-order valence-corrected chi connectivity index (χ3v) is 5.70. The van der Waals surface area contributed by atoms with E-state index in [0.29, 0.717) is 16.9 Å². The van der Waals surface area contributed by atoms with Crippen molar-refractivity contribution < 1.29 is 18.0 Å². The fraction of sp³-hybridized carbons (Fsp3) is 0.316. The first-order valence-electron chi connectivity index (χ1n) is 8.86. The Bertz CT molecular complexity index is 1070. The molecular formula is C19H24N4O5S. The minimum Gasteiger partial charge on any atom is -0.350 e. The molecule has 0 saturated heterocycles. The molecule has 0 aliphatic carbocycles. The number of carbonyl (C=O) groups is 2. The Hall–Kier alpha value is -2.98. The van der Waals surface area contributed by atoms with Crippen LogP contribution in [0.5, 0.6) is 0 Å². The molecule has 0 radical (unpaired) electrons. The van der Waals surface area contributed by atoms with Gasteiger partial charge in [-0.15, -0.1) is 0 Å². The Morgan fingerprint density at radius 2 is 1.76 bits per heavy atom. The van der Waals surface area contributed by atoms with Crippen LogP contribution in [0.3, 0.4) is 0 Å². The summed E-state index contributed by atoms with van der Waals surface area (Å²) in [5.41, 5.74) is 2.02. The fourth-order valence-electron chi connectivity index (χ4n) is 2.70. The van der Waals surface area contributed by atoms with Crippen molar-refractivity contribution in [1.29, 1.82) is 0 Å². The van der Waals surface area contributed by atoms with Gasteiger partial charge in [-0.2, -0.15) is 4.72 Å². The zero-order valence-corrected chi connectivity index (χ0v) is 17.4. The topological polar surface area (TPSA) is 137 Å². The lowest BCUT2D eigenvalue weighted by Gasteiger charge is -2.15. The molecular weight excluding hydrogens is 396 g/mol. The van der Waals surface area contributed by atoms with Crippen LogP contribution in [0.4, 0.5) is 5.69 Å². The normalized spacial score (nSPS) is 12.3. The van der Waals surface area contributed by atoms with Crippen LogP contribution in [-0.2, 0) is 26.2 Å². The fourth-order valence-corrected chi connectivity index (χ4v) is 3.91. The summed E-state index contributed by atoms with van der Waals surface area (Å²) in [5.74, 6) is -0.838. The van der Waals surface area contributed by atoms with Crippen LogP contribution in [0.15, 0.2) is 40.0 Å². The Morgan fingerprint density at radius 1 is 1.14 bits per heavy atom. The number of nitrogens with one attached hydrogen (secondary N) is 4. The van der Waals surface area contributed by atoms with Crippen LogP contribution < -0.4 is 20.9 Å². The van der Waals surface area contributed by atoms with Gasteiger partial charge in [-0.05, 0) is 56.7 Å². The van der Waals surface area contributed by atoms with E-state index in [1.54, 1.807) is 19.9 Å². The van der Waals surface area contributed by atoms with Crippen LogP contribution in [0, 0.1) is 13.8 Å². The molecule has 2 rings (SSSR count). The molecule has 0 fully saturated rings. The average Bonchev–Trinajstić information content (AvgIpc) is 2.60. The SMILES string of the molecule is CC(=O)Nc1ccc(S(=O)(=O)NC(C)C(=O)NCc2c(C)cc(C)[nH]c2=O)cc1. The van der Waals surface area contributed by atoms with Gasteiger partial charge in [-0.25, -0.2) is 8.42 Å². The van der Waals surface area contributed by atoms with E-state index >= 15 is 0 Å².